The van der Waals surface area contributed by atoms with Gasteiger partial charge < -0.3 is 10.2 Å². The molecule has 0 bridgehead atoms. The summed E-state index contributed by atoms with van der Waals surface area (Å²) in [6.07, 6.45) is 3.53. The lowest BCUT2D eigenvalue weighted by atomic mass is 9.96. The largest absolute Gasteiger partial charge is 0.358 e. The quantitative estimate of drug-likeness (QED) is 0.701. The molecule has 1 fully saturated rings. The summed E-state index contributed by atoms with van der Waals surface area (Å²) in [5.41, 5.74) is 3.07. The first kappa shape index (κ1) is 23.3. The third-order valence-corrected chi connectivity index (χ3v) is 8.14. The summed E-state index contributed by atoms with van der Waals surface area (Å²) < 4.78 is 26.6. The Bertz CT molecular complexity index is 1160. The van der Waals surface area contributed by atoms with Gasteiger partial charge in [-0.1, -0.05) is 19.1 Å². The highest BCUT2D eigenvalue weighted by molar-refractivity contribution is 7.89. The molecule has 0 spiro atoms. The number of hydrogen-bond donors (Lipinski definition) is 1. The van der Waals surface area contributed by atoms with Crippen molar-refractivity contribution < 1.29 is 18.0 Å². The molecule has 0 radical (unpaired) electrons. The van der Waals surface area contributed by atoms with Crippen LogP contribution in [0.25, 0.3) is 0 Å². The average molecular weight is 471 g/mol. The first-order valence-corrected chi connectivity index (χ1v) is 12.7. The molecule has 1 saturated heterocycles. The average Bonchev–Trinajstić information content (AvgIpc) is 2.81. The van der Waals surface area contributed by atoms with Crippen LogP contribution < -0.4 is 15.1 Å². The number of nitrogens with one attached hydrogen (secondary N) is 1. The number of anilines is 3. The van der Waals surface area contributed by atoms with E-state index in [9.17, 15) is 18.0 Å². The molecule has 4 rings (SSSR count). The van der Waals surface area contributed by atoms with E-state index in [1.165, 1.54) is 30.6 Å². The van der Waals surface area contributed by atoms with E-state index in [1.54, 1.807) is 12.1 Å². The fourth-order valence-electron chi connectivity index (χ4n) is 4.44. The molecule has 0 aliphatic carbocycles. The second-order valence-electron chi connectivity index (χ2n) is 8.67. The molecule has 2 aliphatic heterocycles. The number of benzene rings is 2. The molecule has 0 aromatic heterocycles. The van der Waals surface area contributed by atoms with Gasteiger partial charge in [0.2, 0.25) is 21.8 Å². The molecule has 1 atom stereocenters. The summed E-state index contributed by atoms with van der Waals surface area (Å²) >= 11 is 0. The van der Waals surface area contributed by atoms with E-state index in [4.69, 9.17) is 0 Å². The van der Waals surface area contributed by atoms with Crippen molar-refractivity contribution in [1.82, 2.24) is 4.31 Å². The molecular formula is C24H30N4O4S. The van der Waals surface area contributed by atoms with Gasteiger partial charge in [-0.25, -0.2) is 12.7 Å². The number of carbonyl (C=O) groups is 2. The molecule has 176 valence electrons. The Morgan fingerprint density at radius 3 is 2.48 bits per heavy atom. The molecule has 8 nitrogen and oxygen atoms in total. The van der Waals surface area contributed by atoms with Gasteiger partial charge in [0.25, 0.3) is 0 Å². The van der Waals surface area contributed by atoms with Crippen molar-refractivity contribution in [2.75, 3.05) is 42.3 Å². The zero-order chi connectivity index (χ0) is 23.8. The summed E-state index contributed by atoms with van der Waals surface area (Å²) in [6, 6.07) is 12.1. The van der Waals surface area contributed by atoms with Crippen molar-refractivity contribution in [3.8, 4) is 0 Å². The Balaban J connectivity index is 1.67. The fourth-order valence-corrected chi connectivity index (χ4v) is 5.36. The van der Waals surface area contributed by atoms with Crippen LogP contribution in [0.3, 0.4) is 0 Å². The molecule has 2 heterocycles. The van der Waals surface area contributed by atoms with Crippen molar-refractivity contribution >= 4 is 38.9 Å². The monoisotopic (exact) mass is 470 g/mol. The molecular weight excluding hydrogens is 440 g/mol. The Labute approximate surface area is 195 Å². The van der Waals surface area contributed by atoms with Gasteiger partial charge in [-0.3, -0.25) is 14.5 Å². The highest BCUT2D eigenvalue weighted by Crippen LogP contribution is 2.40. The smallest absolute Gasteiger partial charge is 0.250 e. The first-order valence-electron chi connectivity index (χ1n) is 11.3. The van der Waals surface area contributed by atoms with Crippen LogP contribution >= 0.6 is 0 Å². The van der Waals surface area contributed by atoms with Gasteiger partial charge in [-0.15, -0.1) is 0 Å². The summed E-state index contributed by atoms with van der Waals surface area (Å²) in [7, 11) is -0.752. The molecule has 0 saturated carbocycles. The molecule has 9 heteroatoms. The molecule has 2 aromatic carbocycles. The number of hydrogen-bond acceptors (Lipinski definition) is 5. The topological polar surface area (TPSA) is 90.0 Å². The van der Waals surface area contributed by atoms with E-state index >= 15 is 0 Å². The van der Waals surface area contributed by atoms with Crippen molar-refractivity contribution in [1.29, 1.82) is 0 Å². The third-order valence-electron chi connectivity index (χ3n) is 6.33. The van der Waals surface area contributed by atoms with Crippen LogP contribution in [0.2, 0.25) is 0 Å². The highest BCUT2D eigenvalue weighted by Gasteiger charge is 2.40. The summed E-state index contributed by atoms with van der Waals surface area (Å²) in [4.78, 5) is 29.9. The fraction of sp³-hybridized carbons (Fsp3) is 0.417. The van der Waals surface area contributed by atoms with Crippen molar-refractivity contribution in [2.24, 2.45) is 0 Å². The zero-order valence-electron chi connectivity index (χ0n) is 19.2. The number of nitrogens with zero attached hydrogens (tertiary/aromatic N) is 3. The summed E-state index contributed by atoms with van der Waals surface area (Å²) in [5, 5.41) is 2.85. The number of amides is 2. The predicted octanol–water partition coefficient (Wildman–Crippen LogP) is 2.84. The zero-order valence-corrected chi connectivity index (χ0v) is 20.1. The van der Waals surface area contributed by atoms with Crippen LogP contribution in [0.4, 0.5) is 17.1 Å². The Kier molecular flexibility index (Phi) is 6.45. The molecule has 33 heavy (non-hydrogen) atoms. The standard InChI is InChI=1S/C24H30N4O4S/c1-4-17-8-10-18(11-9-17)25-23(29)16-28-22-15-19(33(31,32)26(2)3)12-13-20(22)27-14-6-5-7-21(27)24(28)30/h8-13,15,21H,4-7,14,16H2,1-3H3,(H,25,29)/t21-/m0/s1. The van der Waals surface area contributed by atoms with Crippen molar-refractivity contribution in [2.45, 2.75) is 43.5 Å². The SMILES string of the molecule is CCc1ccc(NC(=O)CN2C(=O)[C@@H]3CCCCN3c3ccc(S(=O)(=O)N(C)C)cc32)cc1. The van der Waals surface area contributed by atoms with Gasteiger partial charge in [-0.05, 0) is 61.6 Å². The second-order valence-corrected chi connectivity index (χ2v) is 10.8. The minimum absolute atomic E-state index is 0.0927. The Morgan fingerprint density at radius 1 is 1.09 bits per heavy atom. The normalized spacial score (nSPS) is 18.2. The van der Waals surface area contributed by atoms with Crippen LogP contribution in [-0.4, -0.2) is 57.8 Å². The van der Waals surface area contributed by atoms with E-state index < -0.39 is 10.0 Å². The predicted molar refractivity (Wildman–Crippen MR) is 129 cm³/mol. The number of carbonyl (C=O) groups excluding carboxylic acids is 2. The molecule has 2 aliphatic rings. The van der Waals surface area contributed by atoms with E-state index in [1.807, 2.05) is 29.2 Å². The van der Waals surface area contributed by atoms with Crippen LogP contribution in [0.15, 0.2) is 47.4 Å². The maximum atomic E-state index is 13.4. The Morgan fingerprint density at radius 2 is 1.82 bits per heavy atom. The van der Waals surface area contributed by atoms with Gasteiger partial charge in [0.15, 0.2) is 0 Å². The Hall–Kier alpha value is -2.91. The van der Waals surface area contributed by atoms with Crippen LogP contribution in [0, 0.1) is 0 Å². The van der Waals surface area contributed by atoms with Gasteiger partial charge in [0.1, 0.15) is 12.6 Å². The lowest BCUT2D eigenvalue weighted by Crippen LogP contribution is -2.56. The van der Waals surface area contributed by atoms with Crippen LogP contribution in [0.1, 0.15) is 31.7 Å². The van der Waals surface area contributed by atoms with E-state index in [2.05, 4.69) is 12.2 Å². The second kappa shape index (κ2) is 9.15. The number of sulfonamides is 1. The third kappa shape index (κ3) is 4.47. The summed E-state index contributed by atoms with van der Waals surface area (Å²) in [5.74, 6) is -0.498. The van der Waals surface area contributed by atoms with E-state index in [-0.39, 0.29) is 29.3 Å². The number of fused-ring (bicyclic) bond motifs is 3. The maximum absolute atomic E-state index is 13.4. The van der Waals surface area contributed by atoms with E-state index in [0.29, 0.717) is 17.8 Å². The number of rotatable bonds is 6. The minimum Gasteiger partial charge on any atom is -0.358 e. The van der Waals surface area contributed by atoms with Gasteiger partial charge in [0.05, 0.1) is 16.3 Å². The number of aryl methyl sites for hydroxylation is 1. The molecule has 1 N–H and O–H groups in total. The maximum Gasteiger partial charge on any atom is 0.250 e. The lowest BCUT2D eigenvalue weighted by molar-refractivity contribution is -0.123. The summed E-state index contributed by atoms with van der Waals surface area (Å²) in [6.45, 7) is 2.61. The number of piperidine rings is 1. The lowest BCUT2D eigenvalue weighted by Gasteiger charge is -2.45. The van der Waals surface area contributed by atoms with E-state index in [0.717, 1.165) is 35.8 Å². The molecule has 2 aromatic rings. The van der Waals surface area contributed by atoms with Gasteiger partial charge >= 0.3 is 0 Å². The molecule has 2 amide bonds. The van der Waals surface area contributed by atoms with Crippen LogP contribution in [-0.2, 0) is 26.0 Å². The first-order chi connectivity index (χ1) is 15.7. The van der Waals surface area contributed by atoms with Crippen LogP contribution in [0.5, 0.6) is 0 Å². The molecule has 0 unspecified atom stereocenters. The van der Waals surface area contributed by atoms with Crippen molar-refractivity contribution in [3.63, 3.8) is 0 Å². The highest BCUT2D eigenvalue weighted by atomic mass is 32.2. The van der Waals surface area contributed by atoms with Gasteiger partial charge in [0, 0.05) is 26.3 Å². The minimum atomic E-state index is -3.69. The van der Waals surface area contributed by atoms with Crippen molar-refractivity contribution in [3.05, 3.63) is 48.0 Å². The van der Waals surface area contributed by atoms with Gasteiger partial charge in [-0.2, -0.15) is 0 Å².